The monoisotopic (exact) mass is 377 g/mol. The summed E-state index contributed by atoms with van der Waals surface area (Å²) in [7, 11) is 7.22. The Morgan fingerprint density at radius 3 is 2.33 bits per heavy atom. The van der Waals surface area contributed by atoms with Gasteiger partial charge in [-0.3, -0.25) is 4.90 Å². The summed E-state index contributed by atoms with van der Waals surface area (Å²) in [6.45, 7) is 4.60. The van der Waals surface area contributed by atoms with Crippen LogP contribution in [0.1, 0.15) is 39.0 Å². The van der Waals surface area contributed by atoms with E-state index >= 15 is 0 Å². The van der Waals surface area contributed by atoms with Crippen molar-refractivity contribution in [3.63, 3.8) is 0 Å². The molecule has 5 heteroatoms. The van der Waals surface area contributed by atoms with Crippen molar-refractivity contribution in [1.82, 2.24) is 4.90 Å². The molecule has 2 aliphatic heterocycles. The van der Waals surface area contributed by atoms with Crippen LogP contribution in [0.25, 0.3) is 0 Å². The Kier molecular flexibility index (Phi) is 5.55. The third kappa shape index (κ3) is 3.12. The van der Waals surface area contributed by atoms with E-state index in [0.29, 0.717) is 17.9 Å². The number of piperidine rings is 1. The number of nitrogens with zero attached hydrogens (tertiary/aromatic N) is 1. The molecule has 4 aliphatic rings. The first kappa shape index (κ1) is 19.3. The van der Waals surface area contributed by atoms with Crippen molar-refractivity contribution in [2.24, 2.45) is 17.8 Å². The third-order valence-electron chi connectivity index (χ3n) is 7.72. The van der Waals surface area contributed by atoms with Crippen LogP contribution < -0.4 is 0 Å². The lowest BCUT2D eigenvalue weighted by molar-refractivity contribution is -0.118. The molecule has 0 bridgehead atoms. The van der Waals surface area contributed by atoms with Crippen LogP contribution in [0, 0.1) is 17.8 Å². The Bertz CT molecular complexity index is 628. The lowest BCUT2D eigenvalue weighted by atomic mass is 9.63. The minimum atomic E-state index is 0.222. The van der Waals surface area contributed by atoms with Crippen LogP contribution in [-0.4, -0.2) is 64.7 Å². The van der Waals surface area contributed by atoms with Gasteiger partial charge < -0.3 is 18.9 Å². The lowest BCUT2D eigenvalue weighted by Crippen LogP contribution is -2.59. The largest absolute Gasteiger partial charge is 0.497 e. The summed E-state index contributed by atoms with van der Waals surface area (Å²) in [5.41, 5.74) is 2.98. The fourth-order valence-electron chi connectivity index (χ4n) is 6.45. The summed E-state index contributed by atoms with van der Waals surface area (Å²) < 4.78 is 23.0. The molecule has 0 N–H and O–H groups in total. The molecule has 5 nitrogen and oxygen atoms in total. The van der Waals surface area contributed by atoms with E-state index in [4.69, 9.17) is 18.9 Å². The Morgan fingerprint density at radius 1 is 0.926 bits per heavy atom. The van der Waals surface area contributed by atoms with E-state index in [-0.39, 0.29) is 12.2 Å². The van der Waals surface area contributed by atoms with Gasteiger partial charge >= 0.3 is 0 Å². The van der Waals surface area contributed by atoms with Gasteiger partial charge in [0.25, 0.3) is 0 Å². The van der Waals surface area contributed by atoms with Gasteiger partial charge in [0.1, 0.15) is 5.76 Å². The van der Waals surface area contributed by atoms with Gasteiger partial charge in [-0.15, -0.1) is 0 Å². The van der Waals surface area contributed by atoms with Crippen molar-refractivity contribution >= 4 is 0 Å². The fourth-order valence-corrected chi connectivity index (χ4v) is 6.45. The Labute approximate surface area is 163 Å². The smallest absolute Gasteiger partial charge is 0.160 e. The molecule has 0 aromatic carbocycles. The molecule has 0 aromatic heterocycles. The highest BCUT2D eigenvalue weighted by Crippen LogP contribution is 2.49. The molecule has 1 saturated heterocycles. The van der Waals surface area contributed by atoms with Crippen molar-refractivity contribution in [3.8, 4) is 0 Å². The normalized spacial score (nSPS) is 39.6. The van der Waals surface area contributed by atoms with Gasteiger partial charge in [-0.25, -0.2) is 0 Å². The van der Waals surface area contributed by atoms with Gasteiger partial charge in [0.05, 0.1) is 26.4 Å². The number of allylic oxidation sites excluding steroid dienone is 1. The van der Waals surface area contributed by atoms with Gasteiger partial charge in [-0.1, -0.05) is 12.5 Å². The quantitative estimate of drug-likeness (QED) is 0.751. The molecule has 2 fully saturated rings. The number of ether oxygens (including phenoxy) is 4. The molecule has 0 spiro atoms. The van der Waals surface area contributed by atoms with Gasteiger partial charge in [0.2, 0.25) is 0 Å². The second kappa shape index (κ2) is 7.76. The van der Waals surface area contributed by atoms with Crippen molar-refractivity contribution in [1.29, 1.82) is 0 Å². The zero-order chi connectivity index (χ0) is 19.1. The van der Waals surface area contributed by atoms with Crippen LogP contribution in [0.5, 0.6) is 0 Å². The maximum Gasteiger partial charge on any atom is 0.160 e. The Morgan fingerprint density at radius 2 is 1.67 bits per heavy atom. The minimum Gasteiger partial charge on any atom is -0.497 e. The fraction of sp³-hybridized carbons (Fsp3) is 0.818. The molecule has 1 saturated carbocycles. The maximum absolute atomic E-state index is 5.83. The summed E-state index contributed by atoms with van der Waals surface area (Å²) >= 11 is 0. The first-order valence-electron chi connectivity index (χ1n) is 10.5. The average molecular weight is 378 g/mol. The van der Waals surface area contributed by atoms with Gasteiger partial charge in [-0.05, 0) is 50.0 Å². The molecule has 0 aromatic rings. The molecule has 0 radical (unpaired) electrons. The standard InChI is InChI=1S/C22H35NO4/c1-13-15-6-7-18(24-2)22(27-5)17(15)12-23-9-8-14-10-19(25-3)20(26-4)11-16(14)21(13)23/h13-14,16,19-21H,6-12H2,1-5H3/t13-,14?,16?,19?,20?,21+/m0/s1. The Balaban J connectivity index is 1.64. The molecular formula is C22H35NO4. The summed E-state index contributed by atoms with van der Waals surface area (Å²) in [6, 6.07) is 0.611. The average Bonchev–Trinajstić information content (AvgIpc) is 2.71. The van der Waals surface area contributed by atoms with E-state index in [1.165, 1.54) is 18.5 Å². The van der Waals surface area contributed by atoms with E-state index in [9.17, 15) is 0 Å². The molecule has 27 heavy (non-hydrogen) atoms. The molecule has 4 rings (SSSR count). The third-order valence-corrected chi connectivity index (χ3v) is 7.72. The second-order valence-electron chi connectivity index (χ2n) is 8.65. The summed E-state index contributed by atoms with van der Waals surface area (Å²) in [4.78, 5) is 2.71. The predicted octanol–water partition coefficient (Wildman–Crippen LogP) is 3.36. The van der Waals surface area contributed by atoms with E-state index in [1.807, 2.05) is 14.2 Å². The molecule has 2 heterocycles. The van der Waals surface area contributed by atoms with Gasteiger partial charge in [0, 0.05) is 38.8 Å². The van der Waals surface area contributed by atoms with Gasteiger partial charge in [-0.2, -0.15) is 0 Å². The van der Waals surface area contributed by atoms with Crippen LogP contribution >= 0.6 is 0 Å². The molecule has 4 unspecified atom stereocenters. The second-order valence-corrected chi connectivity index (χ2v) is 8.65. The van der Waals surface area contributed by atoms with Crippen LogP contribution in [0.3, 0.4) is 0 Å². The lowest BCUT2D eigenvalue weighted by Gasteiger charge is -2.55. The zero-order valence-corrected chi connectivity index (χ0v) is 17.5. The number of hydrogen-bond donors (Lipinski definition) is 0. The highest BCUT2D eigenvalue weighted by Gasteiger charge is 2.50. The van der Waals surface area contributed by atoms with E-state index in [0.717, 1.165) is 49.7 Å². The molecular weight excluding hydrogens is 342 g/mol. The van der Waals surface area contributed by atoms with Crippen LogP contribution in [0.15, 0.2) is 22.7 Å². The van der Waals surface area contributed by atoms with E-state index in [1.54, 1.807) is 19.8 Å². The van der Waals surface area contributed by atoms with Crippen molar-refractivity contribution in [2.45, 2.75) is 57.3 Å². The highest BCUT2D eigenvalue weighted by molar-refractivity contribution is 5.42. The van der Waals surface area contributed by atoms with E-state index in [2.05, 4.69) is 11.8 Å². The molecule has 152 valence electrons. The van der Waals surface area contributed by atoms with Crippen LogP contribution in [0.4, 0.5) is 0 Å². The Hall–Kier alpha value is -1.04. The number of methoxy groups -OCH3 is 4. The first-order chi connectivity index (χ1) is 13.1. The summed E-state index contributed by atoms with van der Waals surface area (Å²) in [5.74, 6) is 4.00. The van der Waals surface area contributed by atoms with Crippen molar-refractivity contribution in [3.05, 3.63) is 22.7 Å². The van der Waals surface area contributed by atoms with Gasteiger partial charge in [0.15, 0.2) is 5.76 Å². The number of fused-ring (bicyclic) bond motifs is 3. The number of rotatable bonds is 4. The van der Waals surface area contributed by atoms with Crippen molar-refractivity contribution in [2.75, 3.05) is 41.5 Å². The van der Waals surface area contributed by atoms with E-state index < -0.39 is 0 Å². The summed E-state index contributed by atoms with van der Waals surface area (Å²) in [5, 5.41) is 0. The van der Waals surface area contributed by atoms with Crippen LogP contribution in [-0.2, 0) is 18.9 Å². The minimum absolute atomic E-state index is 0.222. The molecule has 2 aliphatic carbocycles. The van der Waals surface area contributed by atoms with Crippen LogP contribution in [0.2, 0.25) is 0 Å². The topological polar surface area (TPSA) is 40.2 Å². The molecule has 0 amide bonds. The zero-order valence-electron chi connectivity index (χ0n) is 17.5. The maximum atomic E-state index is 5.83. The first-order valence-corrected chi connectivity index (χ1v) is 10.5. The highest BCUT2D eigenvalue weighted by atomic mass is 16.5. The predicted molar refractivity (Wildman–Crippen MR) is 104 cm³/mol. The number of hydrogen-bond acceptors (Lipinski definition) is 5. The SMILES string of the molecule is COC1=C(OC)C2=C(CC1)[C@H](C)[C@@H]1C3CC(OC)C(OC)CC3CCN1C2. The molecule has 6 atom stereocenters. The van der Waals surface area contributed by atoms with Crippen molar-refractivity contribution < 1.29 is 18.9 Å². The summed E-state index contributed by atoms with van der Waals surface area (Å²) in [6.07, 6.45) is 6.04.